The predicted octanol–water partition coefficient (Wildman–Crippen LogP) is 2.11. The van der Waals surface area contributed by atoms with Gasteiger partial charge in [0.2, 0.25) is 0 Å². The van der Waals surface area contributed by atoms with Gasteiger partial charge in [0.1, 0.15) is 10.7 Å². The van der Waals surface area contributed by atoms with Crippen LogP contribution in [0.4, 0.5) is 5.69 Å². The maximum Gasteiger partial charge on any atom is 0.292 e. The van der Waals surface area contributed by atoms with Gasteiger partial charge in [-0.1, -0.05) is 36.4 Å². The summed E-state index contributed by atoms with van der Waals surface area (Å²) in [6.45, 7) is 3.58. The minimum absolute atomic E-state index is 0.0428. The third-order valence-corrected chi connectivity index (χ3v) is 2.66. The molecule has 0 saturated heterocycles. The fourth-order valence-electron chi connectivity index (χ4n) is 1.42. The molecular weight excluding hydrogens is 238 g/mol. The van der Waals surface area contributed by atoms with Crippen molar-refractivity contribution in [1.82, 2.24) is 9.78 Å². The number of nitrogens with zero attached hydrogens (tertiary/aromatic N) is 2. The van der Waals surface area contributed by atoms with E-state index in [0.717, 1.165) is 0 Å². The summed E-state index contributed by atoms with van der Waals surface area (Å²) in [4.78, 5) is 11.9. The Morgan fingerprint density at radius 2 is 2.00 bits per heavy atom. The number of aromatic nitrogens is 2. The highest BCUT2D eigenvalue weighted by molar-refractivity contribution is 6.33. The van der Waals surface area contributed by atoms with Crippen LogP contribution in [0.2, 0.25) is 5.02 Å². The number of nitrogens with two attached hydrogens (primary N) is 1. The van der Waals surface area contributed by atoms with Crippen LogP contribution < -0.4 is 11.3 Å². The van der Waals surface area contributed by atoms with Gasteiger partial charge in [-0.2, -0.15) is 9.78 Å². The van der Waals surface area contributed by atoms with E-state index in [1.54, 1.807) is 24.3 Å². The molecule has 1 aromatic carbocycles. The lowest BCUT2D eigenvalue weighted by molar-refractivity contribution is 0.804. The lowest BCUT2D eigenvalue weighted by atomic mass is 10.3. The lowest BCUT2D eigenvalue weighted by Crippen LogP contribution is -2.24. The van der Waals surface area contributed by atoms with Crippen molar-refractivity contribution in [2.45, 2.75) is 0 Å². The van der Waals surface area contributed by atoms with Gasteiger partial charge in [-0.05, 0) is 18.2 Å². The van der Waals surface area contributed by atoms with Crippen LogP contribution in [0.15, 0.2) is 41.7 Å². The van der Waals surface area contributed by atoms with E-state index >= 15 is 0 Å². The number of hydrogen-bond donors (Lipinski definition) is 1. The Balaban J connectivity index is 2.76. The molecule has 86 valence electrons. The second kappa shape index (κ2) is 4.43. The topological polar surface area (TPSA) is 60.9 Å². The smallest absolute Gasteiger partial charge is 0.292 e. The molecule has 0 fully saturated rings. The molecule has 5 heteroatoms. The number of hydrogen-bond acceptors (Lipinski definition) is 3. The molecule has 0 bridgehead atoms. The van der Waals surface area contributed by atoms with E-state index < -0.39 is 5.56 Å². The summed E-state index contributed by atoms with van der Waals surface area (Å²) in [5.74, 6) is 0. The Kier molecular flexibility index (Phi) is 2.97. The summed E-state index contributed by atoms with van der Waals surface area (Å²) in [6.07, 6.45) is 1.46. The molecule has 17 heavy (non-hydrogen) atoms. The number of nitrogen functional groups attached to an aromatic ring is 1. The molecule has 0 saturated carbocycles. The first-order chi connectivity index (χ1) is 8.15. The van der Waals surface area contributed by atoms with E-state index in [1.807, 2.05) is 6.07 Å². The zero-order valence-electron chi connectivity index (χ0n) is 8.93. The molecule has 0 unspecified atom stereocenters. The monoisotopic (exact) mass is 247 g/mol. The van der Waals surface area contributed by atoms with Crippen molar-refractivity contribution < 1.29 is 0 Å². The van der Waals surface area contributed by atoms with Crippen LogP contribution in [0, 0.1) is 0 Å². The highest BCUT2D eigenvalue weighted by Crippen LogP contribution is 2.18. The average Bonchev–Trinajstić information content (AvgIpc) is 2.37. The Morgan fingerprint density at radius 1 is 1.35 bits per heavy atom. The van der Waals surface area contributed by atoms with Gasteiger partial charge in [-0.25, -0.2) is 0 Å². The Morgan fingerprint density at radius 3 is 2.59 bits per heavy atom. The Hall–Kier alpha value is -2.07. The zero-order valence-corrected chi connectivity index (χ0v) is 9.69. The van der Waals surface area contributed by atoms with Crippen molar-refractivity contribution >= 4 is 23.4 Å². The van der Waals surface area contributed by atoms with Crippen molar-refractivity contribution in [3.63, 3.8) is 0 Å². The molecule has 1 heterocycles. The summed E-state index contributed by atoms with van der Waals surface area (Å²) < 4.78 is 1.20. The number of halogens is 1. The fraction of sp³-hybridized carbons (Fsp3) is 0. The molecule has 2 N–H and O–H groups in total. The maximum absolute atomic E-state index is 11.9. The van der Waals surface area contributed by atoms with Gasteiger partial charge in [-0.15, -0.1) is 0 Å². The first-order valence-electron chi connectivity index (χ1n) is 4.91. The average molecular weight is 248 g/mol. The molecule has 0 atom stereocenters. The number of rotatable bonds is 2. The molecule has 0 aliphatic heterocycles. The van der Waals surface area contributed by atoms with Crippen molar-refractivity contribution in [1.29, 1.82) is 0 Å². The standard InChI is InChI=1S/C12H10ClN3O/c1-2-9-11(14)10(13)12(17)16(15-9)8-6-4-3-5-7-8/h2-7H,1,14H2. The summed E-state index contributed by atoms with van der Waals surface area (Å²) in [5.41, 5.74) is 6.38. The normalized spacial score (nSPS) is 10.2. The third kappa shape index (κ3) is 1.94. The van der Waals surface area contributed by atoms with Crippen LogP contribution in [0.3, 0.4) is 0 Å². The largest absolute Gasteiger partial charge is 0.396 e. The van der Waals surface area contributed by atoms with Crippen molar-refractivity contribution in [3.05, 3.63) is 58.0 Å². The zero-order chi connectivity index (χ0) is 12.4. The Labute approximate surface area is 103 Å². The third-order valence-electron chi connectivity index (χ3n) is 2.29. The summed E-state index contributed by atoms with van der Waals surface area (Å²) in [6, 6.07) is 8.98. The minimum atomic E-state index is -0.444. The van der Waals surface area contributed by atoms with Crippen molar-refractivity contribution in [2.75, 3.05) is 5.73 Å². The van der Waals surface area contributed by atoms with Gasteiger partial charge in [0.25, 0.3) is 5.56 Å². The van der Waals surface area contributed by atoms with E-state index in [1.165, 1.54) is 10.8 Å². The van der Waals surface area contributed by atoms with Gasteiger partial charge in [-0.3, -0.25) is 4.79 Å². The first kappa shape index (κ1) is 11.4. The van der Waals surface area contributed by atoms with E-state index in [-0.39, 0.29) is 10.7 Å². The SMILES string of the molecule is C=Cc1nn(-c2ccccc2)c(=O)c(Cl)c1N. The number of para-hydroxylation sites is 1. The molecule has 0 aliphatic rings. The van der Waals surface area contributed by atoms with Gasteiger partial charge in [0.15, 0.2) is 0 Å². The van der Waals surface area contributed by atoms with E-state index in [9.17, 15) is 4.79 Å². The summed E-state index contributed by atoms with van der Waals surface area (Å²) in [7, 11) is 0. The van der Waals surface area contributed by atoms with E-state index in [4.69, 9.17) is 17.3 Å². The van der Waals surface area contributed by atoms with Crippen molar-refractivity contribution in [2.24, 2.45) is 0 Å². The molecule has 2 aromatic rings. The van der Waals surface area contributed by atoms with Gasteiger partial charge in [0, 0.05) is 0 Å². The van der Waals surface area contributed by atoms with Crippen LogP contribution in [0.1, 0.15) is 5.69 Å². The maximum atomic E-state index is 11.9. The van der Waals surface area contributed by atoms with Crippen LogP contribution in [0.25, 0.3) is 11.8 Å². The predicted molar refractivity (Wildman–Crippen MR) is 69.3 cm³/mol. The molecule has 0 aliphatic carbocycles. The first-order valence-corrected chi connectivity index (χ1v) is 5.29. The van der Waals surface area contributed by atoms with Gasteiger partial charge >= 0.3 is 0 Å². The van der Waals surface area contributed by atoms with Gasteiger partial charge in [0.05, 0.1) is 11.4 Å². The highest BCUT2D eigenvalue weighted by Gasteiger charge is 2.12. The van der Waals surface area contributed by atoms with Crippen LogP contribution >= 0.6 is 11.6 Å². The van der Waals surface area contributed by atoms with E-state index in [2.05, 4.69) is 11.7 Å². The van der Waals surface area contributed by atoms with Crippen LogP contribution in [0.5, 0.6) is 0 Å². The Bertz CT molecular complexity index is 620. The van der Waals surface area contributed by atoms with Crippen LogP contribution in [-0.4, -0.2) is 9.78 Å². The lowest BCUT2D eigenvalue weighted by Gasteiger charge is -2.08. The molecule has 4 nitrogen and oxygen atoms in total. The summed E-state index contributed by atoms with van der Waals surface area (Å²) >= 11 is 5.87. The number of benzene rings is 1. The van der Waals surface area contributed by atoms with Gasteiger partial charge < -0.3 is 5.73 Å². The van der Waals surface area contributed by atoms with Crippen molar-refractivity contribution in [3.8, 4) is 5.69 Å². The van der Waals surface area contributed by atoms with E-state index in [0.29, 0.717) is 11.4 Å². The number of anilines is 1. The molecular formula is C12H10ClN3O. The fourth-order valence-corrected chi connectivity index (χ4v) is 1.60. The van der Waals surface area contributed by atoms with Crippen LogP contribution in [-0.2, 0) is 0 Å². The molecule has 0 radical (unpaired) electrons. The molecule has 0 amide bonds. The second-order valence-corrected chi connectivity index (χ2v) is 3.75. The quantitative estimate of drug-likeness (QED) is 0.884. The second-order valence-electron chi connectivity index (χ2n) is 3.37. The molecule has 2 rings (SSSR count). The molecule has 1 aromatic heterocycles. The minimum Gasteiger partial charge on any atom is -0.396 e. The summed E-state index contributed by atoms with van der Waals surface area (Å²) in [5, 5.41) is 4.06. The molecule has 0 spiro atoms. The highest BCUT2D eigenvalue weighted by atomic mass is 35.5.